The average Bonchev–Trinajstić information content (AvgIpc) is 2.40. The normalized spacial score (nSPS) is 11.5. The summed E-state index contributed by atoms with van der Waals surface area (Å²) in [7, 11) is 0. The Labute approximate surface area is 132 Å². The molecule has 2 aromatic rings. The second-order valence-electron chi connectivity index (χ2n) is 4.27. The van der Waals surface area contributed by atoms with E-state index in [0.29, 0.717) is 20.7 Å². The van der Waals surface area contributed by atoms with Gasteiger partial charge in [0.2, 0.25) is 0 Å². The van der Waals surface area contributed by atoms with Crippen LogP contribution in [0, 0.1) is 5.82 Å². The van der Waals surface area contributed by atoms with Crippen LogP contribution in [0.4, 0.5) is 23.2 Å². The molecule has 7 heteroatoms. The summed E-state index contributed by atoms with van der Waals surface area (Å²) in [5.41, 5.74) is -0.317. The molecular weight excluding hydrogens is 374 g/mol. The Balaban J connectivity index is 2.19. The average molecular weight is 383 g/mol. The summed E-state index contributed by atoms with van der Waals surface area (Å²) < 4.78 is 51.7. The van der Waals surface area contributed by atoms with Crippen LogP contribution in [-0.2, 0) is 12.7 Å². The minimum atomic E-state index is -4.71. The van der Waals surface area contributed by atoms with Crippen molar-refractivity contribution in [2.75, 3.05) is 5.32 Å². The van der Waals surface area contributed by atoms with E-state index in [-0.39, 0.29) is 6.54 Å². The number of anilines is 1. The van der Waals surface area contributed by atoms with Gasteiger partial charge in [-0.05, 0) is 45.8 Å². The Morgan fingerprint density at radius 1 is 1.14 bits per heavy atom. The molecule has 0 saturated heterocycles. The molecule has 0 unspecified atom stereocenters. The lowest BCUT2D eigenvalue weighted by Crippen LogP contribution is -2.10. The van der Waals surface area contributed by atoms with E-state index < -0.39 is 17.6 Å². The van der Waals surface area contributed by atoms with Crippen LogP contribution in [0.15, 0.2) is 40.9 Å². The predicted octanol–water partition coefficient (Wildman–Crippen LogP) is 5.87. The van der Waals surface area contributed by atoms with Crippen LogP contribution in [0.5, 0.6) is 0 Å². The van der Waals surface area contributed by atoms with E-state index in [1.807, 2.05) is 0 Å². The zero-order chi connectivity index (χ0) is 15.6. The third-order valence-corrected chi connectivity index (χ3v) is 4.17. The molecule has 0 radical (unpaired) electrons. The van der Waals surface area contributed by atoms with E-state index in [4.69, 9.17) is 11.6 Å². The Morgan fingerprint density at radius 3 is 2.52 bits per heavy atom. The fourth-order valence-corrected chi connectivity index (χ4v) is 2.32. The van der Waals surface area contributed by atoms with Gasteiger partial charge in [-0.25, -0.2) is 4.39 Å². The minimum Gasteiger partial charge on any atom is -0.380 e. The van der Waals surface area contributed by atoms with Gasteiger partial charge in [-0.1, -0.05) is 23.7 Å². The molecule has 0 fully saturated rings. The third kappa shape index (κ3) is 3.89. The quantitative estimate of drug-likeness (QED) is 0.654. The highest BCUT2D eigenvalue weighted by molar-refractivity contribution is 9.10. The molecule has 1 N–H and O–H groups in total. The van der Waals surface area contributed by atoms with Crippen LogP contribution in [-0.4, -0.2) is 0 Å². The molecule has 0 aliphatic rings. The fraction of sp³-hybridized carbons (Fsp3) is 0.143. The van der Waals surface area contributed by atoms with Crippen molar-refractivity contribution in [3.05, 3.63) is 62.8 Å². The third-order valence-electron chi connectivity index (χ3n) is 2.77. The lowest BCUT2D eigenvalue weighted by molar-refractivity contribution is -0.140. The first-order valence-corrected chi connectivity index (χ1v) is 6.99. The molecule has 0 spiro atoms. The van der Waals surface area contributed by atoms with Crippen LogP contribution in [0.3, 0.4) is 0 Å². The van der Waals surface area contributed by atoms with Gasteiger partial charge >= 0.3 is 6.18 Å². The van der Waals surface area contributed by atoms with Crippen molar-refractivity contribution in [2.24, 2.45) is 0 Å². The van der Waals surface area contributed by atoms with E-state index in [2.05, 4.69) is 21.2 Å². The van der Waals surface area contributed by atoms with Crippen molar-refractivity contribution in [3.8, 4) is 0 Å². The molecule has 112 valence electrons. The molecule has 2 aromatic carbocycles. The fourth-order valence-electron chi connectivity index (χ4n) is 1.74. The molecule has 0 heterocycles. The molecule has 21 heavy (non-hydrogen) atoms. The topological polar surface area (TPSA) is 12.0 Å². The molecule has 2 rings (SSSR count). The van der Waals surface area contributed by atoms with Crippen LogP contribution in [0.25, 0.3) is 0 Å². The number of halogens is 6. The maximum Gasteiger partial charge on any atom is 0.419 e. The molecule has 0 aromatic heterocycles. The second-order valence-corrected chi connectivity index (χ2v) is 5.47. The predicted molar refractivity (Wildman–Crippen MR) is 77.9 cm³/mol. The van der Waals surface area contributed by atoms with E-state index in [0.717, 1.165) is 12.1 Å². The van der Waals surface area contributed by atoms with Crippen LogP contribution >= 0.6 is 27.5 Å². The first-order chi connectivity index (χ1) is 9.79. The highest BCUT2D eigenvalue weighted by Gasteiger charge is 2.34. The summed E-state index contributed by atoms with van der Waals surface area (Å²) in [6, 6.07) is 8.02. The van der Waals surface area contributed by atoms with Crippen molar-refractivity contribution in [1.82, 2.24) is 0 Å². The number of rotatable bonds is 3. The van der Waals surface area contributed by atoms with E-state index in [9.17, 15) is 17.6 Å². The van der Waals surface area contributed by atoms with Crippen LogP contribution in [0.1, 0.15) is 11.1 Å². The summed E-state index contributed by atoms with van der Waals surface area (Å²) in [6.45, 7) is 0.113. The van der Waals surface area contributed by atoms with Crippen molar-refractivity contribution in [3.63, 3.8) is 0 Å². The maximum atomic E-state index is 13.2. The Kier molecular flexibility index (Phi) is 4.78. The summed E-state index contributed by atoms with van der Waals surface area (Å²) in [5, 5.41) is 3.43. The summed E-state index contributed by atoms with van der Waals surface area (Å²) in [6.07, 6.45) is -4.71. The lowest BCUT2D eigenvalue weighted by atomic mass is 10.1. The van der Waals surface area contributed by atoms with Crippen LogP contribution in [0.2, 0.25) is 5.02 Å². The van der Waals surface area contributed by atoms with Gasteiger partial charge in [-0.2, -0.15) is 13.2 Å². The molecular formula is C14H9BrClF4N. The number of benzene rings is 2. The number of alkyl halides is 3. The number of nitrogens with one attached hydrogen (secondary N) is 1. The highest BCUT2D eigenvalue weighted by atomic mass is 79.9. The highest BCUT2D eigenvalue weighted by Crippen LogP contribution is 2.33. The SMILES string of the molecule is Fc1ccc(CNc2cccc(Cl)c2Br)cc1C(F)(F)F. The monoisotopic (exact) mass is 381 g/mol. The van der Waals surface area contributed by atoms with Gasteiger partial charge in [0.1, 0.15) is 5.82 Å². The Morgan fingerprint density at radius 2 is 1.86 bits per heavy atom. The van der Waals surface area contributed by atoms with Gasteiger partial charge in [0.25, 0.3) is 0 Å². The largest absolute Gasteiger partial charge is 0.419 e. The molecule has 0 aliphatic heterocycles. The standard InChI is InChI=1S/C14H9BrClF4N/c15-13-10(16)2-1-3-12(13)21-7-8-4-5-11(17)9(6-8)14(18,19)20/h1-6,21H,7H2. The van der Waals surface area contributed by atoms with Gasteiger partial charge in [-0.3, -0.25) is 0 Å². The van der Waals surface area contributed by atoms with E-state index >= 15 is 0 Å². The zero-order valence-electron chi connectivity index (χ0n) is 10.4. The van der Waals surface area contributed by atoms with E-state index in [1.54, 1.807) is 18.2 Å². The lowest BCUT2D eigenvalue weighted by Gasteiger charge is -2.12. The van der Waals surface area contributed by atoms with Gasteiger partial charge in [-0.15, -0.1) is 0 Å². The molecule has 0 saturated carbocycles. The second kappa shape index (κ2) is 6.23. The molecule has 0 aliphatic carbocycles. The van der Waals surface area contributed by atoms with Crippen molar-refractivity contribution in [1.29, 1.82) is 0 Å². The van der Waals surface area contributed by atoms with Crippen molar-refractivity contribution >= 4 is 33.2 Å². The number of hydrogen-bond acceptors (Lipinski definition) is 1. The molecule has 0 bridgehead atoms. The zero-order valence-corrected chi connectivity index (χ0v) is 12.8. The molecule has 0 amide bonds. The minimum absolute atomic E-state index is 0.113. The van der Waals surface area contributed by atoms with Gasteiger partial charge in [0, 0.05) is 6.54 Å². The summed E-state index contributed by atoms with van der Waals surface area (Å²) in [4.78, 5) is 0. The Hall–Kier alpha value is -1.27. The summed E-state index contributed by atoms with van der Waals surface area (Å²) in [5.74, 6) is -1.28. The smallest absolute Gasteiger partial charge is 0.380 e. The van der Waals surface area contributed by atoms with Gasteiger partial charge < -0.3 is 5.32 Å². The van der Waals surface area contributed by atoms with Crippen molar-refractivity contribution < 1.29 is 17.6 Å². The van der Waals surface area contributed by atoms with Gasteiger partial charge in [0.05, 0.1) is 20.7 Å². The molecule has 1 nitrogen and oxygen atoms in total. The number of hydrogen-bond donors (Lipinski definition) is 1. The van der Waals surface area contributed by atoms with Gasteiger partial charge in [0.15, 0.2) is 0 Å². The summed E-state index contributed by atoms with van der Waals surface area (Å²) >= 11 is 9.19. The first-order valence-electron chi connectivity index (χ1n) is 5.82. The molecule has 0 atom stereocenters. The first kappa shape index (κ1) is 16.1. The van der Waals surface area contributed by atoms with Crippen molar-refractivity contribution in [2.45, 2.75) is 12.7 Å². The van der Waals surface area contributed by atoms with Crippen LogP contribution < -0.4 is 5.32 Å². The maximum absolute atomic E-state index is 13.2. The van der Waals surface area contributed by atoms with E-state index in [1.165, 1.54) is 6.07 Å². The Bertz CT molecular complexity index is 658.